The first-order valence-electron chi connectivity index (χ1n) is 2.55. The molecule has 0 aromatic heterocycles. The lowest BCUT2D eigenvalue weighted by Gasteiger charge is -1.82. The van der Waals surface area contributed by atoms with Gasteiger partial charge in [0.05, 0.1) is 0 Å². The van der Waals surface area contributed by atoms with Crippen LogP contribution in [0.4, 0.5) is 0 Å². The second kappa shape index (κ2) is 5.56. The predicted molar refractivity (Wildman–Crippen MR) is 35.2 cm³/mol. The molecular weight excluding hydrogens is 159 g/mol. The lowest BCUT2D eigenvalue weighted by molar-refractivity contribution is -0.116. The summed E-state index contributed by atoms with van der Waals surface area (Å²) >= 11 is 0. The van der Waals surface area contributed by atoms with Crippen LogP contribution in [0.3, 0.4) is 0 Å². The van der Waals surface area contributed by atoms with Crippen molar-refractivity contribution < 1.29 is 24.0 Å². The summed E-state index contributed by atoms with van der Waals surface area (Å²) in [5, 5.41) is 0. The van der Waals surface area contributed by atoms with Crippen LogP contribution in [0, 0.1) is 0 Å². The van der Waals surface area contributed by atoms with Gasteiger partial charge in [-0.05, 0) is 6.92 Å². The maximum absolute atomic E-state index is 9.81. The summed E-state index contributed by atoms with van der Waals surface area (Å²) in [6.45, 7) is 3.43. The molecule has 0 amide bonds. The van der Waals surface area contributed by atoms with E-state index in [-0.39, 0.29) is 5.78 Å². The van der Waals surface area contributed by atoms with E-state index in [1.54, 1.807) is 6.92 Å². The largest absolute Gasteiger partial charge is 0.466 e. The zero-order valence-electron chi connectivity index (χ0n) is 5.81. The molecule has 0 aliphatic carbocycles. The summed E-state index contributed by atoms with van der Waals surface area (Å²) in [7, 11) is -4.64. The molecular formula is C4H11O5P. The third kappa shape index (κ3) is 113. The summed E-state index contributed by atoms with van der Waals surface area (Å²) < 4.78 is 8.88. The van der Waals surface area contributed by atoms with Gasteiger partial charge in [0.25, 0.3) is 0 Å². The van der Waals surface area contributed by atoms with Gasteiger partial charge in [0.2, 0.25) is 0 Å². The molecule has 6 heteroatoms. The molecule has 0 saturated carbocycles. The van der Waals surface area contributed by atoms with E-state index in [0.717, 1.165) is 0 Å². The average molecular weight is 170 g/mol. The molecule has 0 aromatic carbocycles. The quantitative estimate of drug-likeness (QED) is 0.483. The van der Waals surface area contributed by atoms with Gasteiger partial charge in [-0.3, -0.25) is 0 Å². The Labute approximate surface area is 58.9 Å². The van der Waals surface area contributed by atoms with Crippen molar-refractivity contribution in [1.29, 1.82) is 0 Å². The first-order valence-corrected chi connectivity index (χ1v) is 4.11. The molecule has 0 radical (unpaired) electrons. The number of carbonyl (C=O) groups excluding carboxylic acids is 1. The molecule has 62 valence electrons. The van der Waals surface area contributed by atoms with Crippen molar-refractivity contribution in [3.05, 3.63) is 0 Å². The first-order chi connectivity index (χ1) is 4.27. The molecule has 0 rings (SSSR count). The van der Waals surface area contributed by atoms with E-state index in [0.29, 0.717) is 6.42 Å². The molecule has 0 heterocycles. The van der Waals surface area contributed by atoms with Gasteiger partial charge in [0.15, 0.2) is 0 Å². The van der Waals surface area contributed by atoms with Crippen LogP contribution in [0.1, 0.15) is 20.3 Å². The zero-order chi connectivity index (χ0) is 8.78. The van der Waals surface area contributed by atoms with Crippen molar-refractivity contribution in [2.24, 2.45) is 0 Å². The Morgan fingerprint density at radius 3 is 1.50 bits per heavy atom. The Balaban J connectivity index is 0. The van der Waals surface area contributed by atoms with Crippen molar-refractivity contribution in [2.75, 3.05) is 0 Å². The number of Topliss-reactive ketones (excluding diaryl/α,β-unsaturated/α-hetero) is 1. The van der Waals surface area contributed by atoms with Crippen LogP contribution in [-0.4, -0.2) is 20.5 Å². The van der Waals surface area contributed by atoms with Crippen molar-refractivity contribution in [1.82, 2.24) is 0 Å². The lowest BCUT2D eigenvalue weighted by Crippen LogP contribution is -1.80. The zero-order valence-corrected chi connectivity index (χ0v) is 6.71. The summed E-state index contributed by atoms with van der Waals surface area (Å²) in [5.41, 5.74) is 0. The summed E-state index contributed by atoms with van der Waals surface area (Å²) in [6, 6.07) is 0. The van der Waals surface area contributed by atoms with Crippen molar-refractivity contribution in [3.8, 4) is 0 Å². The van der Waals surface area contributed by atoms with Crippen LogP contribution >= 0.6 is 7.82 Å². The Hall–Kier alpha value is -0.220. The van der Waals surface area contributed by atoms with Gasteiger partial charge < -0.3 is 19.5 Å². The number of hydrogen-bond donors (Lipinski definition) is 3. The van der Waals surface area contributed by atoms with Crippen LogP contribution < -0.4 is 0 Å². The molecule has 0 atom stereocenters. The minimum absolute atomic E-state index is 0.255. The Kier molecular flexibility index (Phi) is 6.92. The Morgan fingerprint density at radius 2 is 1.50 bits per heavy atom. The second-order valence-electron chi connectivity index (χ2n) is 1.57. The molecule has 0 spiro atoms. The smallest absolute Gasteiger partial charge is 0.303 e. The van der Waals surface area contributed by atoms with Crippen molar-refractivity contribution in [2.45, 2.75) is 20.3 Å². The minimum atomic E-state index is -4.64. The van der Waals surface area contributed by atoms with Crippen LogP contribution in [0.5, 0.6) is 0 Å². The SMILES string of the molecule is CCC(C)=O.O=P(O)(O)O. The minimum Gasteiger partial charge on any atom is -0.303 e. The molecule has 0 unspecified atom stereocenters. The molecule has 10 heavy (non-hydrogen) atoms. The number of hydrogen-bond acceptors (Lipinski definition) is 2. The normalized spacial score (nSPS) is 9.70. The molecule has 0 aliphatic rings. The molecule has 0 aromatic rings. The topological polar surface area (TPSA) is 94.8 Å². The van der Waals surface area contributed by atoms with Gasteiger partial charge in [-0.2, -0.15) is 0 Å². The second-order valence-corrected chi connectivity index (χ2v) is 2.60. The van der Waals surface area contributed by atoms with E-state index in [4.69, 9.17) is 19.2 Å². The maximum atomic E-state index is 9.81. The molecule has 3 N–H and O–H groups in total. The fourth-order valence-corrected chi connectivity index (χ4v) is 0. The molecule has 0 aliphatic heterocycles. The van der Waals surface area contributed by atoms with Crippen LogP contribution in [-0.2, 0) is 9.36 Å². The summed E-state index contributed by atoms with van der Waals surface area (Å²) in [4.78, 5) is 31.4. The summed E-state index contributed by atoms with van der Waals surface area (Å²) in [6.07, 6.45) is 0.667. The van der Waals surface area contributed by atoms with Gasteiger partial charge in [0.1, 0.15) is 5.78 Å². The van der Waals surface area contributed by atoms with E-state index in [1.165, 1.54) is 0 Å². The fraction of sp³-hybridized carbons (Fsp3) is 0.750. The monoisotopic (exact) mass is 170 g/mol. The van der Waals surface area contributed by atoms with Crippen LogP contribution in [0.2, 0.25) is 0 Å². The standard InChI is InChI=1S/C4H8O.H3O4P/c1-3-4(2)5;1-5(2,3)4/h3H2,1-2H3;(H3,1,2,3,4). The molecule has 0 saturated heterocycles. The average Bonchev–Trinajstić information content (AvgIpc) is 1.61. The Bertz CT molecular complexity index is 128. The highest BCUT2D eigenvalue weighted by atomic mass is 31.2. The van der Waals surface area contributed by atoms with Gasteiger partial charge in [-0.1, -0.05) is 6.92 Å². The third-order valence-corrected chi connectivity index (χ3v) is 0.498. The van der Waals surface area contributed by atoms with E-state index in [9.17, 15) is 4.79 Å². The number of rotatable bonds is 1. The molecule has 0 fully saturated rings. The first kappa shape index (κ1) is 12.5. The lowest BCUT2D eigenvalue weighted by atomic mass is 10.4. The van der Waals surface area contributed by atoms with E-state index >= 15 is 0 Å². The fourth-order valence-electron chi connectivity index (χ4n) is 0. The van der Waals surface area contributed by atoms with E-state index in [2.05, 4.69) is 0 Å². The van der Waals surface area contributed by atoms with Crippen molar-refractivity contribution >= 4 is 13.6 Å². The maximum Gasteiger partial charge on any atom is 0.466 e. The van der Waals surface area contributed by atoms with Gasteiger partial charge in [-0.25, -0.2) is 4.57 Å². The van der Waals surface area contributed by atoms with Crippen LogP contribution in [0.25, 0.3) is 0 Å². The van der Waals surface area contributed by atoms with Crippen molar-refractivity contribution in [3.63, 3.8) is 0 Å². The van der Waals surface area contributed by atoms with E-state index < -0.39 is 7.82 Å². The van der Waals surface area contributed by atoms with Crippen LogP contribution in [0.15, 0.2) is 0 Å². The number of ketones is 1. The molecule has 5 nitrogen and oxygen atoms in total. The third-order valence-electron chi connectivity index (χ3n) is 0.498. The highest BCUT2D eigenvalue weighted by Gasteiger charge is 2.00. The highest BCUT2D eigenvalue weighted by molar-refractivity contribution is 7.45. The Morgan fingerprint density at radius 1 is 1.40 bits per heavy atom. The van der Waals surface area contributed by atoms with Gasteiger partial charge in [-0.15, -0.1) is 0 Å². The number of phosphoric acid groups is 1. The summed E-state index contributed by atoms with van der Waals surface area (Å²) in [5.74, 6) is 0.255. The van der Waals surface area contributed by atoms with Gasteiger partial charge >= 0.3 is 7.82 Å². The predicted octanol–water partition coefficient (Wildman–Crippen LogP) is 0.0568. The number of carbonyl (C=O) groups is 1. The van der Waals surface area contributed by atoms with E-state index in [1.807, 2.05) is 6.92 Å². The highest BCUT2D eigenvalue weighted by Crippen LogP contribution is 2.25. The molecule has 0 bridgehead atoms. The van der Waals surface area contributed by atoms with Gasteiger partial charge in [0, 0.05) is 6.42 Å².